The average molecular weight is 305 g/mol. The number of hydrogen-bond acceptors (Lipinski definition) is 5. The number of nitrogens with zero attached hydrogens (tertiary/aromatic N) is 6. The quantitative estimate of drug-likeness (QED) is 0.873. The van der Waals surface area contributed by atoms with Crippen LogP contribution >= 0.6 is 0 Å². The van der Waals surface area contributed by atoms with Crippen LogP contribution in [0.4, 0.5) is 0 Å². The van der Waals surface area contributed by atoms with Gasteiger partial charge in [-0.25, -0.2) is 19.6 Å². The minimum absolute atomic E-state index is 0.101. The van der Waals surface area contributed by atoms with Gasteiger partial charge in [0, 0.05) is 19.0 Å². The number of hydrogen-bond donors (Lipinski definition) is 1. The lowest BCUT2D eigenvalue weighted by atomic mass is 9.96. The predicted octanol–water partition coefficient (Wildman–Crippen LogP) is 0.582. The summed E-state index contributed by atoms with van der Waals surface area (Å²) in [6, 6.07) is 0. The number of piperidine rings is 1. The van der Waals surface area contributed by atoms with Crippen LogP contribution in [0.5, 0.6) is 0 Å². The zero-order chi connectivity index (χ0) is 15.5. The first-order chi connectivity index (χ1) is 10.7. The highest BCUT2D eigenvalue weighted by Crippen LogP contribution is 2.26. The first kappa shape index (κ1) is 15.0. The highest BCUT2D eigenvalue weighted by atomic mass is 16.1. The van der Waals surface area contributed by atoms with E-state index in [4.69, 9.17) is 0 Å². The normalized spacial score (nSPS) is 17.2. The predicted molar refractivity (Wildman–Crippen MR) is 81.5 cm³/mol. The highest BCUT2D eigenvalue weighted by molar-refractivity contribution is 4.99. The van der Waals surface area contributed by atoms with Crippen LogP contribution in [0.1, 0.15) is 44.3 Å². The molecule has 120 valence electrons. The Morgan fingerprint density at radius 2 is 2.05 bits per heavy atom. The number of likely N-dealkylation sites (tertiary alicyclic amines) is 1. The van der Waals surface area contributed by atoms with Gasteiger partial charge in [-0.15, -0.1) is 0 Å². The lowest BCUT2D eigenvalue weighted by molar-refractivity contribution is 0.193. The van der Waals surface area contributed by atoms with Gasteiger partial charge in [-0.05, 0) is 39.8 Å². The maximum Gasteiger partial charge on any atom is 0.343 e. The van der Waals surface area contributed by atoms with Crippen molar-refractivity contribution in [2.75, 3.05) is 13.1 Å². The van der Waals surface area contributed by atoms with Gasteiger partial charge >= 0.3 is 5.69 Å². The molecule has 22 heavy (non-hydrogen) atoms. The number of nitrogens with one attached hydrogen (secondary N) is 1. The summed E-state index contributed by atoms with van der Waals surface area (Å²) < 4.78 is 3.68. The molecule has 0 amide bonds. The maximum atomic E-state index is 11.7. The molecule has 8 heteroatoms. The van der Waals surface area contributed by atoms with E-state index < -0.39 is 0 Å². The fourth-order valence-electron chi connectivity index (χ4n) is 3.17. The third-order valence-electron chi connectivity index (χ3n) is 4.42. The Labute approximate surface area is 129 Å². The maximum absolute atomic E-state index is 11.7. The minimum atomic E-state index is -0.101. The summed E-state index contributed by atoms with van der Waals surface area (Å²) in [6.45, 7) is 8.39. The van der Waals surface area contributed by atoms with E-state index in [1.165, 1.54) is 0 Å². The van der Waals surface area contributed by atoms with Gasteiger partial charge < -0.3 is 0 Å². The second kappa shape index (κ2) is 6.43. The van der Waals surface area contributed by atoms with Gasteiger partial charge in [0.25, 0.3) is 0 Å². The monoisotopic (exact) mass is 305 g/mol. The standard InChI is InChI=1S/C14H23N7O/c1-3-20-13(17-18-14(20)22)11-5-7-19(8-6-11)9-12-15-10-16-21(12)4-2/h10-11H,3-9H2,1-2H3,(H,18,22). The van der Waals surface area contributed by atoms with E-state index in [0.29, 0.717) is 12.5 Å². The van der Waals surface area contributed by atoms with Crippen molar-refractivity contribution >= 4 is 0 Å². The lowest BCUT2D eigenvalue weighted by Gasteiger charge is -2.31. The molecule has 3 rings (SSSR count). The van der Waals surface area contributed by atoms with Gasteiger partial charge in [0.2, 0.25) is 0 Å². The molecule has 1 fully saturated rings. The molecular weight excluding hydrogens is 282 g/mol. The molecule has 1 aliphatic rings. The molecule has 0 radical (unpaired) electrons. The van der Waals surface area contributed by atoms with Crippen molar-refractivity contribution in [3.8, 4) is 0 Å². The second-order valence-corrected chi connectivity index (χ2v) is 5.67. The van der Waals surface area contributed by atoms with Crippen LogP contribution in [-0.2, 0) is 19.6 Å². The van der Waals surface area contributed by atoms with E-state index in [2.05, 4.69) is 32.1 Å². The highest BCUT2D eigenvalue weighted by Gasteiger charge is 2.25. The van der Waals surface area contributed by atoms with Gasteiger partial charge in [-0.1, -0.05) is 0 Å². The topological polar surface area (TPSA) is 84.6 Å². The number of H-pyrrole nitrogens is 1. The van der Waals surface area contributed by atoms with Gasteiger partial charge in [-0.2, -0.15) is 10.2 Å². The smallest absolute Gasteiger partial charge is 0.296 e. The second-order valence-electron chi connectivity index (χ2n) is 5.67. The fourth-order valence-corrected chi connectivity index (χ4v) is 3.17. The first-order valence-corrected chi connectivity index (χ1v) is 7.97. The molecule has 1 N–H and O–H groups in total. The van der Waals surface area contributed by atoms with Gasteiger partial charge in [0.15, 0.2) is 0 Å². The fraction of sp³-hybridized carbons (Fsp3) is 0.714. The van der Waals surface area contributed by atoms with Crippen LogP contribution in [0, 0.1) is 0 Å². The van der Waals surface area contributed by atoms with Crippen molar-refractivity contribution in [3.05, 3.63) is 28.5 Å². The number of rotatable bonds is 5. The largest absolute Gasteiger partial charge is 0.343 e. The first-order valence-electron chi connectivity index (χ1n) is 7.97. The van der Waals surface area contributed by atoms with Crippen LogP contribution in [0.15, 0.2) is 11.1 Å². The Morgan fingerprint density at radius 1 is 1.27 bits per heavy atom. The van der Waals surface area contributed by atoms with Crippen molar-refractivity contribution in [2.24, 2.45) is 0 Å². The van der Waals surface area contributed by atoms with E-state index in [1.54, 1.807) is 10.9 Å². The van der Waals surface area contributed by atoms with Crippen molar-refractivity contribution in [2.45, 2.75) is 52.2 Å². The third kappa shape index (κ3) is 2.83. The Morgan fingerprint density at radius 3 is 2.73 bits per heavy atom. The van der Waals surface area contributed by atoms with E-state index in [9.17, 15) is 4.79 Å². The van der Waals surface area contributed by atoms with Crippen LogP contribution < -0.4 is 5.69 Å². The molecule has 0 bridgehead atoms. The molecule has 0 aliphatic carbocycles. The molecular formula is C14H23N7O. The van der Waals surface area contributed by atoms with E-state index in [-0.39, 0.29) is 5.69 Å². The molecule has 3 heterocycles. The molecule has 1 saturated heterocycles. The van der Waals surface area contributed by atoms with Gasteiger partial charge in [-0.3, -0.25) is 9.47 Å². The Kier molecular flexibility index (Phi) is 4.37. The van der Waals surface area contributed by atoms with E-state index >= 15 is 0 Å². The summed E-state index contributed by atoms with van der Waals surface area (Å²) in [7, 11) is 0. The molecule has 0 spiro atoms. The van der Waals surface area contributed by atoms with Gasteiger partial charge in [0.05, 0.1) is 6.54 Å². The van der Waals surface area contributed by atoms with Crippen LogP contribution in [0.2, 0.25) is 0 Å². The number of aryl methyl sites for hydroxylation is 1. The van der Waals surface area contributed by atoms with E-state index in [0.717, 1.165) is 50.7 Å². The summed E-state index contributed by atoms with van der Waals surface area (Å²) in [5.74, 6) is 2.29. The zero-order valence-electron chi connectivity index (χ0n) is 13.2. The van der Waals surface area contributed by atoms with Crippen LogP contribution in [0.25, 0.3) is 0 Å². The van der Waals surface area contributed by atoms with Crippen LogP contribution in [-0.4, -0.2) is 47.5 Å². The average Bonchev–Trinajstić information content (AvgIpc) is 3.14. The molecule has 1 aliphatic heterocycles. The third-order valence-corrected chi connectivity index (χ3v) is 4.42. The lowest BCUT2D eigenvalue weighted by Crippen LogP contribution is -2.34. The molecule has 2 aromatic rings. The van der Waals surface area contributed by atoms with E-state index in [1.807, 2.05) is 11.6 Å². The SMILES string of the molecule is CCn1ncnc1CN1CCC(c2n[nH]c(=O)n2CC)CC1. The summed E-state index contributed by atoms with van der Waals surface area (Å²) in [4.78, 5) is 18.4. The Hall–Kier alpha value is -1.96. The number of aromatic amines is 1. The number of aromatic nitrogens is 6. The van der Waals surface area contributed by atoms with Crippen molar-refractivity contribution in [1.29, 1.82) is 0 Å². The minimum Gasteiger partial charge on any atom is -0.296 e. The zero-order valence-corrected chi connectivity index (χ0v) is 13.2. The summed E-state index contributed by atoms with van der Waals surface area (Å²) in [6.07, 6.45) is 3.66. The van der Waals surface area contributed by atoms with Gasteiger partial charge in [0.1, 0.15) is 18.0 Å². The summed E-state index contributed by atoms with van der Waals surface area (Å²) >= 11 is 0. The van der Waals surface area contributed by atoms with Crippen LogP contribution in [0.3, 0.4) is 0 Å². The molecule has 0 unspecified atom stereocenters. The summed E-state index contributed by atoms with van der Waals surface area (Å²) in [5, 5.41) is 11.0. The van der Waals surface area contributed by atoms with Crippen molar-refractivity contribution < 1.29 is 0 Å². The van der Waals surface area contributed by atoms with Crippen molar-refractivity contribution in [1.82, 2.24) is 34.4 Å². The molecule has 8 nitrogen and oxygen atoms in total. The molecule has 2 aromatic heterocycles. The Balaban J connectivity index is 1.62. The molecule has 0 saturated carbocycles. The molecule has 0 atom stereocenters. The Bertz CT molecular complexity index is 663. The molecule has 0 aromatic carbocycles. The van der Waals surface area contributed by atoms with Crippen molar-refractivity contribution in [3.63, 3.8) is 0 Å². The summed E-state index contributed by atoms with van der Waals surface area (Å²) in [5.41, 5.74) is -0.101.